The monoisotopic (exact) mass is 255 g/mol. The molecule has 2 N–H and O–H groups in total. The molecule has 0 saturated heterocycles. The molecule has 0 fully saturated rings. The SMILES string of the molecule is NC(=O)CN1CCn2cccc2[C@H]1c1ccccc1. The third kappa shape index (κ3) is 2.27. The second kappa shape index (κ2) is 4.90. The van der Waals surface area contributed by atoms with Gasteiger partial charge in [-0.2, -0.15) is 0 Å². The zero-order valence-electron chi connectivity index (χ0n) is 10.7. The summed E-state index contributed by atoms with van der Waals surface area (Å²) >= 11 is 0. The number of hydrogen-bond acceptors (Lipinski definition) is 2. The first kappa shape index (κ1) is 12.0. The number of aromatic nitrogens is 1. The Morgan fingerprint density at radius 2 is 1.95 bits per heavy atom. The largest absolute Gasteiger partial charge is 0.369 e. The van der Waals surface area contributed by atoms with Crippen LogP contribution in [-0.4, -0.2) is 28.5 Å². The van der Waals surface area contributed by atoms with Gasteiger partial charge in [-0.05, 0) is 17.7 Å². The number of rotatable bonds is 3. The van der Waals surface area contributed by atoms with Crippen LogP contribution in [0.4, 0.5) is 0 Å². The van der Waals surface area contributed by atoms with Gasteiger partial charge in [0.2, 0.25) is 5.91 Å². The highest BCUT2D eigenvalue weighted by atomic mass is 16.1. The molecule has 0 radical (unpaired) electrons. The van der Waals surface area contributed by atoms with E-state index < -0.39 is 0 Å². The maximum atomic E-state index is 11.3. The van der Waals surface area contributed by atoms with Gasteiger partial charge < -0.3 is 10.3 Å². The van der Waals surface area contributed by atoms with E-state index in [2.05, 4.69) is 39.9 Å². The molecule has 0 aliphatic carbocycles. The summed E-state index contributed by atoms with van der Waals surface area (Å²) < 4.78 is 2.25. The zero-order chi connectivity index (χ0) is 13.2. The van der Waals surface area contributed by atoms with Gasteiger partial charge in [0.25, 0.3) is 0 Å². The van der Waals surface area contributed by atoms with Gasteiger partial charge in [0.15, 0.2) is 0 Å². The van der Waals surface area contributed by atoms with Crippen molar-refractivity contribution in [1.29, 1.82) is 0 Å². The van der Waals surface area contributed by atoms with Crippen LogP contribution in [0, 0.1) is 0 Å². The molecule has 1 aliphatic rings. The van der Waals surface area contributed by atoms with Crippen LogP contribution < -0.4 is 5.73 Å². The molecule has 3 rings (SSSR count). The van der Waals surface area contributed by atoms with Crippen LogP contribution in [0.3, 0.4) is 0 Å². The fraction of sp³-hybridized carbons (Fsp3) is 0.267. The zero-order valence-corrected chi connectivity index (χ0v) is 10.7. The van der Waals surface area contributed by atoms with Gasteiger partial charge in [-0.15, -0.1) is 0 Å². The number of benzene rings is 1. The summed E-state index contributed by atoms with van der Waals surface area (Å²) in [6.07, 6.45) is 2.09. The molecule has 1 aliphatic heterocycles. The Kier molecular flexibility index (Phi) is 3.09. The van der Waals surface area contributed by atoms with Gasteiger partial charge in [0, 0.05) is 25.0 Å². The summed E-state index contributed by atoms with van der Waals surface area (Å²) in [5.41, 5.74) is 7.79. The molecule has 1 amide bonds. The molecule has 4 heteroatoms. The third-order valence-corrected chi connectivity index (χ3v) is 3.61. The highest BCUT2D eigenvalue weighted by Crippen LogP contribution is 2.31. The van der Waals surface area contributed by atoms with E-state index in [9.17, 15) is 4.79 Å². The average Bonchev–Trinajstić information content (AvgIpc) is 2.87. The summed E-state index contributed by atoms with van der Waals surface area (Å²) in [6, 6.07) is 14.5. The maximum Gasteiger partial charge on any atom is 0.231 e. The molecular weight excluding hydrogens is 238 g/mol. The highest BCUT2D eigenvalue weighted by molar-refractivity contribution is 5.76. The lowest BCUT2D eigenvalue weighted by Gasteiger charge is -2.36. The van der Waals surface area contributed by atoms with Gasteiger partial charge in [-0.25, -0.2) is 0 Å². The van der Waals surface area contributed by atoms with Crippen molar-refractivity contribution in [3.8, 4) is 0 Å². The van der Waals surface area contributed by atoms with E-state index in [1.54, 1.807) is 0 Å². The summed E-state index contributed by atoms with van der Waals surface area (Å²) in [5.74, 6) is -0.277. The number of carbonyl (C=O) groups excluding carboxylic acids is 1. The molecule has 1 atom stereocenters. The number of carbonyl (C=O) groups is 1. The van der Waals surface area contributed by atoms with Crippen LogP contribution >= 0.6 is 0 Å². The molecule has 4 nitrogen and oxygen atoms in total. The second-order valence-corrected chi connectivity index (χ2v) is 4.88. The van der Waals surface area contributed by atoms with Gasteiger partial charge in [-0.3, -0.25) is 9.69 Å². The number of nitrogens with zero attached hydrogens (tertiary/aromatic N) is 2. The molecule has 19 heavy (non-hydrogen) atoms. The first-order valence-electron chi connectivity index (χ1n) is 6.48. The quantitative estimate of drug-likeness (QED) is 0.900. The van der Waals surface area contributed by atoms with Crippen LogP contribution in [0.2, 0.25) is 0 Å². The molecule has 2 heterocycles. The Balaban J connectivity index is 2.02. The van der Waals surface area contributed by atoms with Crippen LogP contribution in [0.15, 0.2) is 48.7 Å². The van der Waals surface area contributed by atoms with Gasteiger partial charge in [0.05, 0.1) is 12.6 Å². The van der Waals surface area contributed by atoms with E-state index >= 15 is 0 Å². The first-order chi connectivity index (χ1) is 9.25. The number of nitrogens with two attached hydrogens (primary N) is 1. The van der Waals surface area contributed by atoms with Crippen LogP contribution in [0.25, 0.3) is 0 Å². The third-order valence-electron chi connectivity index (χ3n) is 3.61. The van der Waals surface area contributed by atoms with E-state index in [0.29, 0.717) is 6.54 Å². The Morgan fingerprint density at radius 1 is 1.16 bits per heavy atom. The molecule has 1 aromatic carbocycles. The van der Waals surface area contributed by atoms with Gasteiger partial charge in [-0.1, -0.05) is 30.3 Å². The Hall–Kier alpha value is -2.07. The van der Waals surface area contributed by atoms with Crippen molar-refractivity contribution in [2.24, 2.45) is 5.73 Å². The lowest BCUT2D eigenvalue weighted by atomic mass is 10.00. The van der Waals surface area contributed by atoms with Crippen LogP contribution in [0.1, 0.15) is 17.3 Å². The van der Waals surface area contributed by atoms with Crippen molar-refractivity contribution in [2.45, 2.75) is 12.6 Å². The highest BCUT2D eigenvalue weighted by Gasteiger charge is 2.29. The lowest BCUT2D eigenvalue weighted by molar-refractivity contribution is -0.119. The average molecular weight is 255 g/mol. The molecule has 0 unspecified atom stereocenters. The number of hydrogen-bond donors (Lipinski definition) is 1. The van der Waals surface area contributed by atoms with E-state index in [1.807, 2.05) is 18.2 Å². The summed E-state index contributed by atoms with van der Waals surface area (Å²) in [7, 11) is 0. The van der Waals surface area contributed by atoms with E-state index in [-0.39, 0.29) is 11.9 Å². The van der Waals surface area contributed by atoms with Gasteiger partial charge >= 0.3 is 0 Å². The van der Waals surface area contributed by atoms with Crippen LogP contribution in [-0.2, 0) is 11.3 Å². The molecule has 1 aromatic heterocycles. The molecule has 2 aromatic rings. The fourth-order valence-corrected chi connectivity index (χ4v) is 2.82. The van der Waals surface area contributed by atoms with Crippen molar-refractivity contribution >= 4 is 5.91 Å². The Morgan fingerprint density at radius 3 is 2.68 bits per heavy atom. The minimum absolute atomic E-state index is 0.109. The van der Waals surface area contributed by atoms with Crippen molar-refractivity contribution < 1.29 is 4.79 Å². The Labute approximate surface area is 112 Å². The topological polar surface area (TPSA) is 51.3 Å². The number of amides is 1. The predicted molar refractivity (Wildman–Crippen MR) is 73.5 cm³/mol. The fourth-order valence-electron chi connectivity index (χ4n) is 2.82. The molecular formula is C15H17N3O. The van der Waals surface area contributed by atoms with Crippen molar-refractivity contribution in [3.05, 3.63) is 59.9 Å². The lowest BCUT2D eigenvalue weighted by Crippen LogP contribution is -2.42. The molecule has 98 valence electrons. The summed E-state index contributed by atoms with van der Waals surface area (Å²) in [4.78, 5) is 13.4. The minimum Gasteiger partial charge on any atom is -0.369 e. The summed E-state index contributed by atoms with van der Waals surface area (Å²) in [5, 5.41) is 0. The number of fused-ring (bicyclic) bond motifs is 1. The Bertz CT molecular complexity index is 576. The van der Waals surface area contributed by atoms with Gasteiger partial charge in [0.1, 0.15) is 0 Å². The van der Waals surface area contributed by atoms with E-state index in [1.165, 1.54) is 11.3 Å². The molecule has 0 saturated carbocycles. The maximum absolute atomic E-state index is 11.3. The standard InChI is InChI=1S/C15H17N3O/c16-14(19)11-18-10-9-17-8-4-7-13(17)15(18)12-5-2-1-3-6-12/h1-8,15H,9-11H2,(H2,16,19)/t15-/m1/s1. The summed E-state index contributed by atoms with van der Waals surface area (Å²) in [6.45, 7) is 2.04. The van der Waals surface area contributed by atoms with Crippen molar-refractivity contribution in [2.75, 3.05) is 13.1 Å². The normalized spacial score (nSPS) is 19.1. The molecule has 0 bridgehead atoms. The number of primary amides is 1. The second-order valence-electron chi connectivity index (χ2n) is 4.88. The van der Waals surface area contributed by atoms with E-state index in [0.717, 1.165) is 13.1 Å². The van der Waals surface area contributed by atoms with Crippen molar-refractivity contribution in [3.63, 3.8) is 0 Å². The van der Waals surface area contributed by atoms with Crippen LogP contribution in [0.5, 0.6) is 0 Å². The van der Waals surface area contributed by atoms with Crippen molar-refractivity contribution in [1.82, 2.24) is 9.47 Å². The minimum atomic E-state index is -0.277. The van der Waals surface area contributed by atoms with E-state index in [4.69, 9.17) is 5.73 Å². The molecule has 0 spiro atoms. The smallest absolute Gasteiger partial charge is 0.231 e. The predicted octanol–water partition coefficient (Wildman–Crippen LogP) is 1.38. The first-order valence-corrected chi connectivity index (χ1v) is 6.48.